The standard InChI is InChI=1S/C15H31N3O2S/c1-4-19-10-6-5-9-17-14(16-2)18-13-15(21-3)7-11-20-12-8-15/h4-13H2,1-3H3,(H2,16,17,18). The first-order chi connectivity index (χ1) is 10.3. The summed E-state index contributed by atoms with van der Waals surface area (Å²) < 4.78 is 11.1. The molecule has 1 fully saturated rings. The van der Waals surface area contributed by atoms with Gasteiger partial charge in [-0.05, 0) is 38.9 Å². The van der Waals surface area contributed by atoms with E-state index in [1.54, 1.807) is 0 Å². The normalized spacial score (nSPS) is 18.5. The number of nitrogens with one attached hydrogen (secondary N) is 2. The summed E-state index contributed by atoms with van der Waals surface area (Å²) >= 11 is 1.94. The number of rotatable bonds is 9. The van der Waals surface area contributed by atoms with Crippen molar-refractivity contribution in [1.82, 2.24) is 10.6 Å². The third kappa shape index (κ3) is 7.38. The summed E-state index contributed by atoms with van der Waals surface area (Å²) in [6.45, 7) is 7.29. The third-order valence-corrected chi connectivity index (χ3v) is 5.27. The van der Waals surface area contributed by atoms with Crippen molar-refractivity contribution in [3.05, 3.63) is 0 Å². The van der Waals surface area contributed by atoms with E-state index in [0.29, 0.717) is 0 Å². The number of hydrogen-bond donors (Lipinski definition) is 2. The van der Waals surface area contributed by atoms with Crippen molar-refractivity contribution in [1.29, 1.82) is 0 Å². The Bertz CT molecular complexity index is 295. The van der Waals surface area contributed by atoms with Gasteiger partial charge >= 0.3 is 0 Å². The van der Waals surface area contributed by atoms with Gasteiger partial charge in [-0.3, -0.25) is 4.99 Å². The Hall–Kier alpha value is -0.460. The van der Waals surface area contributed by atoms with Gasteiger partial charge in [0.25, 0.3) is 0 Å². The number of ether oxygens (including phenoxy) is 2. The van der Waals surface area contributed by atoms with Crippen LogP contribution in [-0.2, 0) is 9.47 Å². The van der Waals surface area contributed by atoms with Gasteiger partial charge in [0.05, 0.1) is 0 Å². The summed E-state index contributed by atoms with van der Waals surface area (Å²) in [6, 6.07) is 0. The predicted octanol–water partition coefficient (Wildman–Crippen LogP) is 1.88. The number of nitrogens with zero attached hydrogens (tertiary/aromatic N) is 1. The Morgan fingerprint density at radius 3 is 2.67 bits per heavy atom. The largest absolute Gasteiger partial charge is 0.382 e. The van der Waals surface area contributed by atoms with E-state index in [2.05, 4.69) is 21.9 Å². The summed E-state index contributed by atoms with van der Waals surface area (Å²) in [5.41, 5.74) is 0. The lowest BCUT2D eigenvalue weighted by Crippen LogP contribution is -2.48. The summed E-state index contributed by atoms with van der Waals surface area (Å²) in [5, 5.41) is 6.83. The zero-order valence-corrected chi connectivity index (χ0v) is 14.6. The molecular weight excluding hydrogens is 286 g/mol. The zero-order chi connectivity index (χ0) is 15.4. The van der Waals surface area contributed by atoms with E-state index in [1.165, 1.54) is 0 Å². The molecule has 0 aromatic carbocycles. The molecule has 2 N–H and O–H groups in total. The molecule has 1 aliphatic rings. The lowest BCUT2D eigenvalue weighted by atomic mass is 9.99. The van der Waals surface area contributed by atoms with E-state index in [-0.39, 0.29) is 4.75 Å². The first-order valence-corrected chi connectivity index (χ1v) is 9.14. The molecule has 1 aliphatic heterocycles. The van der Waals surface area contributed by atoms with E-state index in [0.717, 1.165) is 71.2 Å². The third-order valence-electron chi connectivity index (χ3n) is 3.85. The van der Waals surface area contributed by atoms with Gasteiger partial charge in [0.1, 0.15) is 0 Å². The molecule has 124 valence electrons. The first-order valence-electron chi connectivity index (χ1n) is 7.91. The highest BCUT2D eigenvalue weighted by Gasteiger charge is 2.31. The summed E-state index contributed by atoms with van der Waals surface area (Å²) in [6.07, 6.45) is 6.59. The maximum Gasteiger partial charge on any atom is 0.191 e. The van der Waals surface area contributed by atoms with Crippen LogP contribution in [0.5, 0.6) is 0 Å². The van der Waals surface area contributed by atoms with Gasteiger partial charge in [0.2, 0.25) is 0 Å². The fourth-order valence-electron chi connectivity index (χ4n) is 2.34. The average molecular weight is 317 g/mol. The number of guanidine groups is 1. The summed E-state index contributed by atoms with van der Waals surface area (Å²) in [5.74, 6) is 0.895. The van der Waals surface area contributed by atoms with Crippen molar-refractivity contribution in [2.24, 2.45) is 4.99 Å². The lowest BCUT2D eigenvalue weighted by molar-refractivity contribution is 0.0783. The van der Waals surface area contributed by atoms with Gasteiger partial charge in [-0.25, -0.2) is 0 Å². The van der Waals surface area contributed by atoms with Crippen molar-refractivity contribution >= 4 is 17.7 Å². The molecule has 0 saturated carbocycles. The fraction of sp³-hybridized carbons (Fsp3) is 0.933. The van der Waals surface area contributed by atoms with Crippen molar-refractivity contribution in [2.75, 3.05) is 52.8 Å². The van der Waals surface area contributed by atoms with Crippen LogP contribution in [0, 0.1) is 0 Å². The predicted molar refractivity (Wildman–Crippen MR) is 91.4 cm³/mol. The van der Waals surface area contributed by atoms with Gasteiger partial charge in [-0.2, -0.15) is 11.8 Å². The van der Waals surface area contributed by atoms with Gasteiger partial charge in [0.15, 0.2) is 5.96 Å². The van der Waals surface area contributed by atoms with Gasteiger partial charge in [0, 0.05) is 51.3 Å². The fourth-order valence-corrected chi connectivity index (χ4v) is 3.13. The molecule has 6 heteroatoms. The average Bonchev–Trinajstić information content (AvgIpc) is 2.54. The second-order valence-corrected chi connectivity index (χ2v) is 6.53. The molecule has 1 rings (SSSR count). The molecule has 0 amide bonds. The molecule has 1 heterocycles. The number of hydrogen-bond acceptors (Lipinski definition) is 4. The molecular formula is C15H31N3O2S. The molecule has 0 bridgehead atoms. The quantitative estimate of drug-likeness (QED) is 0.386. The van der Waals surface area contributed by atoms with Crippen molar-refractivity contribution in [3.8, 4) is 0 Å². The molecule has 0 aliphatic carbocycles. The first kappa shape index (κ1) is 18.6. The smallest absolute Gasteiger partial charge is 0.191 e. The van der Waals surface area contributed by atoms with Crippen LogP contribution in [0.2, 0.25) is 0 Å². The lowest BCUT2D eigenvalue weighted by Gasteiger charge is -2.36. The molecule has 0 atom stereocenters. The Morgan fingerprint density at radius 2 is 2.05 bits per heavy atom. The molecule has 1 saturated heterocycles. The summed E-state index contributed by atoms with van der Waals surface area (Å²) in [4.78, 5) is 4.29. The topological polar surface area (TPSA) is 54.9 Å². The van der Waals surface area contributed by atoms with Crippen molar-refractivity contribution in [2.45, 2.75) is 37.4 Å². The summed E-state index contributed by atoms with van der Waals surface area (Å²) in [7, 11) is 1.82. The minimum atomic E-state index is 0.283. The van der Waals surface area contributed by atoms with E-state index in [4.69, 9.17) is 9.47 Å². The zero-order valence-electron chi connectivity index (χ0n) is 13.7. The highest BCUT2D eigenvalue weighted by molar-refractivity contribution is 8.00. The highest BCUT2D eigenvalue weighted by atomic mass is 32.2. The molecule has 21 heavy (non-hydrogen) atoms. The Kier molecular flexibility index (Phi) is 9.87. The van der Waals surface area contributed by atoms with Gasteiger partial charge < -0.3 is 20.1 Å². The highest BCUT2D eigenvalue weighted by Crippen LogP contribution is 2.32. The Morgan fingerprint density at radius 1 is 1.29 bits per heavy atom. The van der Waals surface area contributed by atoms with Gasteiger partial charge in [-0.15, -0.1) is 0 Å². The maximum atomic E-state index is 5.47. The van der Waals surface area contributed by atoms with Crippen LogP contribution in [0.15, 0.2) is 4.99 Å². The molecule has 0 aromatic heterocycles. The van der Waals surface area contributed by atoms with Crippen LogP contribution in [-0.4, -0.2) is 63.5 Å². The second-order valence-electron chi connectivity index (χ2n) is 5.26. The van der Waals surface area contributed by atoms with Crippen molar-refractivity contribution in [3.63, 3.8) is 0 Å². The van der Waals surface area contributed by atoms with Gasteiger partial charge in [-0.1, -0.05) is 0 Å². The minimum Gasteiger partial charge on any atom is -0.382 e. The van der Waals surface area contributed by atoms with Crippen LogP contribution in [0.4, 0.5) is 0 Å². The molecule has 0 spiro atoms. The van der Waals surface area contributed by atoms with Crippen LogP contribution in [0.1, 0.15) is 32.6 Å². The van der Waals surface area contributed by atoms with E-state index < -0.39 is 0 Å². The van der Waals surface area contributed by atoms with E-state index in [1.807, 2.05) is 25.7 Å². The van der Waals surface area contributed by atoms with Crippen LogP contribution >= 0.6 is 11.8 Å². The maximum absolute atomic E-state index is 5.47. The Labute approximate surface area is 133 Å². The minimum absolute atomic E-state index is 0.283. The van der Waals surface area contributed by atoms with Crippen LogP contribution < -0.4 is 10.6 Å². The SMILES string of the molecule is CCOCCCCNC(=NC)NCC1(SC)CCOCC1. The van der Waals surface area contributed by atoms with Crippen LogP contribution in [0.3, 0.4) is 0 Å². The molecule has 0 aromatic rings. The second kappa shape index (κ2) is 11.2. The Balaban J connectivity index is 2.21. The number of unbranched alkanes of at least 4 members (excludes halogenated alkanes) is 1. The van der Waals surface area contributed by atoms with E-state index >= 15 is 0 Å². The van der Waals surface area contributed by atoms with Crippen LogP contribution in [0.25, 0.3) is 0 Å². The molecule has 5 nitrogen and oxygen atoms in total. The monoisotopic (exact) mass is 317 g/mol. The number of thioether (sulfide) groups is 1. The number of aliphatic imine (C=N–C) groups is 1. The molecule has 0 radical (unpaired) electrons. The molecule has 0 unspecified atom stereocenters. The van der Waals surface area contributed by atoms with Crippen molar-refractivity contribution < 1.29 is 9.47 Å². The van der Waals surface area contributed by atoms with E-state index in [9.17, 15) is 0 Å².